The second-order valence-corrected chi connectivity index (χ2v) is 11.6. The predicted molar refractivity (Wildman–Crippen MR) is 173 cm³/mol. The quantitative estimate of drug-likeness (QED) is 0.0534. The molecule has 0 saturated heterocycles. The molecule has 306 valence electrons. The van der Waals surface area contributed by atoms with Gasteiger partial charge in [0.1, 0.15) is 11.6 Å². The summed E-state index contributed by atoms with van der Waals surface area (Å²) in [6.45, 7) is 8.60. The van der Waals surface area contributed by atoms with Crippen LogP contribution in [0.25, 0.3) is 0 Å². The molecule has 0 bridgehead atoms. The summed E-state index contributed by atoms with van der Waals surface area (Å²) in [5.74, 6) is -19.2. The molecule has 2 rings (SSSR count). The molecule has 0 amide bonds. The number of halogens is 8. The summed E-state index contributed by atoms with van der Waals surface area (Å²) in [6.07, 6.45) is -3.24. The molecule has 0 spiro atoms. The van der Waals surface area contributed by atoms with Crippen molar-refractivity contribution in [3.05, 3.63) is 114 Å². The van der Waals surface area contributed by atoms with Gasteiger partial charge < -0.3 is 20.4 Å². The number of ketones is 4. The number of aliphatic hydroxyl groups excluding tert-OH is 4. The first-order valence-electron chi connectivity index (χ1n) is 15.4. The van der Waals surface area contributed by atoms with Crippen LogP contribution < -0.4 is 0 Å². The van der Waals surface area contributed by atoms with Crippen LogP contribution >= 0.6 is 0 Å². The van der Waals surface area contributed by atoms with E-state index in [9.17, 15) is 74.7 Å². The van der Waals surface area contributed by atoms with E-state index in [0.29, 0.717) is 0 Å². The standard InChI is InChI=1S/2C18H18F4O4.2O.2V/c2*1-7(23)11(8(2)24)5-13-15(19)14(17(21)18(22)16(13)20)6-12(9(3)25)10(4)26;;;;/h2*23,25H,5-6H2,1-4H3;;;;/b2*11-7-,12-9-;;;;. The molecule has 4 N–H and O–H groups in total. The van der Waals surface area contributed by atoms with Gasteiger partial charge in [-0.1, -0.05) is 0 Å². The number of hydrogen-bond acceptors (Lipinski definition) is 10. The Hall–Kier alpha value is -4.51. The Morgan fingerprint density at radius 3 is 0.589 bits per heavy atom. The minimum atomic E-state index is -1.98. The summed E-state index contributed by atoms with van der Waals surface area (Å²) >= 11 is 2.12. The molecule has 0 saturated carbocycles. The van der Waals surface area contributed by atoms with Gasteiger partial charge in [0.05, 0.1) is 23.0 Å². The molecule has 20 heteroatoms. The average Bonchev–Trinajstić information content (AvgIpc) is 3.10. The molecule has 10 nitrogen and oxygen atoms in total. The Kier molecular flexibility index (Phi) is 23.2. The van der Waals surface area contributed by atoms with Crippen molar-refractivity contribution in [2.24, 2.45) is 0 Å². The normalized spacial score (nSPS) is 12.4. The number of Topliss-reactive ketones (excluding diaryl/α,β-unsaturated/α-hetero) is 4. The van der Waals surface area contributed by atoms with E-state index in [1.165, 1.54) is 0 Å². The van der Waals surface area contributed by atoms with Crippen molar-refractivity contribution in [1.82, 2.24) is 0 Å². The number of hydrogen-bond donors (Lipinski definition) is 4. The van der Waals surface area contributed by atoms with E-state index in [1.807, 2.05) is 0 Å². The molecule has 2 aromatic rings. The molecule has 0 atom stereocenters. The molecular formula is C36H36F8O10V2. The third kappa shape index (κ3) is 13.9. The molecule has 0 aliphatic carbocycles. The fourth-order valence-electron chi connectivity index (χ4n) is 4.83. The van der Waals surface area contributed by atoms with Crippen molar-refractivity contribution in [2.45, 2.75) is 81.1 Å². The van der Waals surface area contributed by atoms with Crippen LogP contribution in [0.2, 0.25) is 0 Å². The van der Waals surface area contributed by atoms with E-state index in [-0.39, 0.29) is 22.3 Å². The van der Waals surface area contributed by atoms with Gasteiger partial charge in [0.2, 0.25) is 0 Å². The third-order valence-corrected chi connectivity index (χ3v) is 7.75. The van der Waals surface area contributed by atoms with E-state index in [4.69, 9.17) is 7.35 Å². The first-order chi connectivity index (χ1) is 25.8. The maximum atomic E-state index is 14.7. The Morgan fingerprint density at radius 2 is 0.482 bits per heavy atom. The second-order valence-electron chi connectivity index (χ2n) is 11.6. The second kappa shape index (κ2) is 24.2. The van der Waals surface area contributed by atoms with E-state index in [0.717, 1.165) is 90.1 Å². The van der Waals surface area contributed by atoms with Gasteiger partial charge in [-0.3, -0.25) is 19.2 Å². The van der Waals surface area contributed by atoms with Crippen LogP contribution in [0.15, 0.2) is 45.3 Å². The van der Waals surface area contributed by atoms with E-state index >= 15 is 0 Å². The number of aliphatic hydroxyl groups is 4. The van der Waals surface area contributed by atoms with E-state index < -0.39 is 141 Å². The van der Waals surface area contributed by atoms with Gasteiger partial charge >= 0.3 is 42.1 Å². The number of benzene rings is 2. The van der Waals surface area contributed by atoms with Crippen LogP contribution in [0, 0.1) is 46.5 Å². The fourth-order valence-corrected chi connectivity index (χ4v) is 4.83. The Bertz CT molecular complexity index is 1720. The van der Waals surface area contributed by atoms with Gasteiger partial charge in [0, 0.05) is 70.2 Å². The average molecular weight is 883 g/mol. The Balaban J connectivity index is 0. The maximum absolute atomic E-state index is 14.7. The molecule has 56 heavy (non-hydrogen) atoms. The number of rotatable bonds is 12. The number of carbonyl (C=O) groups excluding carboxylic acids is 4. The van der Waals surface area contributed by atoms with Crippen LogP contribution in [0.5, 0.6) is 0 Å². The summed E-state index contributed by atoms with van der Waals surface area (Å²) in [5, 5.41) is 37.9. The van der Waals surface area contributed by atoms with Crippen molar-refractivity contribution in [3.8, 4) is 0 Å². The monoisotopic (exact) mass is 882 g/mol. The van der Waals surface area contributed by atoms with Crippen molar-refractivity contribution in [1.29, 1.82) is 0 Å². The zero-order valence-corrected chi connectivity index (χ0v) is 33.8. The Morgan fingerprint density at radius 1 is 0.339 bits per heavy atom. The summed E-state index contributed by atoms with van der Waals surface area (Å²) in [5.41, 5.74) is -5.35. The SMILES string of the molecule is CC(=O)/C(Cc1c(F)c(F)c(F)c(C/C(C(C)=O)=C(\C)O)c1F)=C(/C)O.CC(=O)/C(Cc1c(F)c(F)c(F)c(C/C(C(C)=O)=C(\C)O)c1F)=C(/C)O.[O]=[V].[O]=[V]. The fraction of sp³-hybridized carbons (Fsp3) is 0.333. The molecule has 0 aromatic heterocycles. The molecular weight excluding hydrogens is 846 g/mol. The van der Waals surface area contributed by atoms with E-state index in [2.05, 4.69) is 0 Å². The molecule has 0 unspecified atom stereocenters. The molecule has 0 aliphatic rings. The van der Waals surface area contributed by atoms with Gasteiger partial charge in [-0.15, -0.1) is 0 Å². The molecule has 0 aliphatic heterocycles. The summed E-state index contributed by atoms with van der Waals surface area (Å²) in [4.78, 5) is 46.0. The Labute approximate surface area is 334 Å². The van der Waals surface area contributed by atoms with E-state index in [1.54, 1.807) is 0 Å². The van der Waals surface area contributed by atoms with Gasteiger partial charge in [0.15, 0.2) is 58.0 Å². The van der Waals surface area contributed by atoms with Crippen LogP contribution in [0.4, 0.5) is 35.1 Å². The zero-order valence-electron chi connectivity index (χ0n) is 31.0. The van der Waals surface area contributed by atoms with Gasteiger partial charge in [-0.05, 0) is 55.4 Å². The zero-order chi connectivity index (χ0) is 44.7. The number of allylic oxidation sites excluding steroid dienone is 8. The summed E-state index contributed by atoms with van der Waals surface area (Å²) in [6, 6.07) is 0. The summed E-state index contributed by atoms with van der Waals surface area (Å²) in [7, 11) is 0. The molecule has 0 fully saturated rings. The van der Waals surface area contributed by atoms with Crippen LogP contribution in [0.3, 0.4) is 0 Å². The molecule has 0 heterocycles. The van der Waals surface area contributed by atoms with Crippen molar-refractivity contribution in [3.63, 3.8) is 0 Å². The van der Waals surface area contributed by atoms with Crippen molar-refractivity contribution in [2.75, 3.05) is 0 Å². The van der Waals surface area contributed by atoms with Gasteiger partial charge in [0.25, 0.3) is 0 Å². The number of carbonyl (C=O) groups is 4. The summed E-state index contributed by atoms with van der Waals surface area (Å²) < 4.78 is 130. The first-order valence-corrected chi connectivity index (χ1v) is 16.6. The molecule has 2 aromatic carbocycles. The topological polar surface area (TPSA) is 183 Å². The van der Waals surface area contributed by atoms with Crippen molar-refractivity contribution < 1.29 is 117 Å². The van der Waals surface area contributed by atoms with Gasteiger partial charge in [-0.25, -0.2) is 35.1 Å². The van der Waals surface area contributed by atoms with Crippen LogP contribution in [-0.4, -0.2) is 43.6 Å². The van der Waals surface area contributed by atoms with Crippen molar-refractivity contribution >= 4 is 23.1 Å². The third-order valence-electron chi connectivity index (χ3n) is 7.75. The van der Waals surface area contributed by atoms with Gasteiger partial charge in [-0.2, -0.15) is 0 Å². The van der Waals surface area contributed by atoms with Crippen LogP contribution in [0.1, 0.15) is 77.6 Å². The molecule has 0 radical (unpaired) electrons. The van der Waals surface area contributed by atoms with Crippen LogP contribution in [-0.2, 0) is 86.9 Å². The first kappa shape index (κ1) is 53.6. The minimum absolute atomic E-state index is 0.375. The predicted octanol–water partition coefficient (Wildman–Crippen LogP) is 8.10.